The lowest BCUT2D eigenvalue weighted by Crippen LogP contribution is -2.31. The normalized spacial score (nSPS) is 11.3. The maximum Gasteiger partial charge on any atom is 0.279 e. The van der Waals surface area contributed by atoms with E-state index in [9.17, 15) is 4.79 Å². The van der Waals surface area contributed by atoms with Crippen molar-refractivity contribution >= 4 is 38.2 Å². The molecule has 0 aliphatic carbocycles. The molecule has 6 heteroatoms. The highest BCUT2D eigenvalue weighted by molar-refractivity contribution is 7.22. The first-order valence-electron chi connectivity index (χ1n) is 9.77. The zero-order chi connectivity index (χ0) is 20.7. The van der Waals surface area contributed by atoms with Gasteiger partial charge in [-0.15, -0.1) is 0 Å². The van der Waals surface area contributed by atoms with Crippen molar-refractivity contribution in [2.24, 2.45) is 0 Å². The molecule has 5 nitrogen and oxygen atoms in total. The van der Waals surface area contributed by atoms with E-state index in [0.717, 1.165) is 21.4 Å². The van der Waals surface area contributed by atoms with Crippen LogP contribution in [0.25, 0.3) is 15.9 Å². The van der Waals surface area contributed by atoms with Crippen molar-refractivity contribution in [1.82, 2.24) is 14.4 Å². The Morgan fingerprint density at radius 2 is 1.80 bits per heavy atom. The average Bonchev–Trinajstić information content (AvgIpc) is 3.31. The molecule has 0 unspecified atom stereocenters. The first-order valence-corrected chi connectivity index (χ1v) is 10.6. The number of thiazole rings is 1. The number of nitrogens with zero attached hydrogens (tertiary/aromatic N) is 4. The van der Waals surface area contributed by atoms with Gasteiger partial charge < -0.3 is 0 Å². The van der Waals surface area contributed by atoms with Crippen LogP contribution in [0.4, 0.5) is 5.13 Å². The fraction of sp³-hybridized carbons (Fsp3) is 0.125. The van der Waals surface area contributed by atoms with Crippen LogP contribution in [-0.2, 0) is 6.54 Å². The Labute approximate surface area is 178 Å². The maximum atomic E-state index is 13.8. The van der Waals surface area contributed by atoms with Crippen molar-refractivity contribution in [1.29, 1.82) is 0 Å². The minimum atomic E-state index is -0.106. The van der Waals surface area contributed by atoms with Gasteiger partial charge in [0, 0.05) is 6.20 Å². The highest BCUT2D eigenvalue weighted by Gasteiger charge is 2.26. The van der Waals surface area contributed by atoms with Crippen molar-refractivity contribution in [2.75, 3.05) is 4.90 Å². The average molecular weight is 413 g/mol. The lowest BCUT2D eigenvalue weighted by molar-refractivity contribution is 0.0979. The quantitative estimate of drug-likeness (QED) is 0.397. The number of pyridine rings is 1. The number of aromatic nitrogens is 3. The number of hydrogen-bond donors (Lipinski definition) is 0. The van der Waals surface area contributed by atoms with Gasteiger partial charge in [-0.25, -0.2) is 9.97 Å². The predicted octanol–water partition coefficient (Wildman–Crippen LogP) is 5.41. The SMILES string of the molecule is Cc1ccc2nc(N(Cc3ccccc3)C(=O)c3c(C)nc4ccccn34)sc2c1. The number of carbonyl (C=O) groups excluding carboxylic acids is 1. The van der Waals surface area contributed by atoms with Gasteiger partial charge in [-0.3, -0.25) is 14.1 Å². The standard InChI is InChI=1S/C24H20N4OS/c1-16-11-12-19-20(14-16)30-24(26-19)28(15-18-8-4-3-5-9-18)23(29)22-17(2)25-21-10-6-7-13-27(21)22/h3-14H,15H2,1-2H3. The van der Waals surface area contributed by atoms with Crippen LogP contribution in [0.1, 0.15) is 27.3 Å². The third-order valence-electron chi connectivity index (χ3n) is 5.10. The first kappa shape index (κ1) is 18.5. The predicted molar refractivity (Wildman–Crippen MR) is 121 cm³/mol. The van der Waals surface area contributed by atoms with Gasteiger partial charge >= 0.3 is 0 Å². The molecule has 0 saturated heterocycles. The van der Waals surface area contributed by atoms with E-state index in [1.807, 2.05) is 78.2 Å². The summed E-state index contributed by atoms with van der Waals surface area (Å²) in [6, 6.07) is 21.9. The Kier molecular flexibility index (Phi) is 4.56. The molecule has 0 aliphatic heterocycles. The molecule has 0 bridgehead atoms. The van der Waals surface area contributed by atoms with Gasteiger partial charge in [-0.2, -0.15) is 0 Å². The molecule has 0 radical (unpaired) electrons. The molecule has 1 amide bonds. The lowest BCUT2D eigenvalue weighted by atomic mass is 10.2. The molecule has 0 fully saturated rings. The van der Waals surface area contributed by atoms with E-state index in [1.165, 1.54) is 16.9 Å². The summed E-state index contributed by atoms with van der Waals surface area (Å²) in [5.41, 5.74) is 5.17. The highest BCUT2D eigenvalue weighted by Crippen LogP contribution is 2.32. The summed E-state index contributed by atoms with van der Waals surface area (Å²) in [7, 11) is 0. The number of aryl methyl sites for hydroxylation is 2. The van der Waals surface area contributed by atoms with E-state index in [0.29, 0.717) is 23.1 Å². The van der Waals surface area contributed by atoms with Gasteiger partial charge in [-0.1, -0.05) is 53.8 Å². The second kappa shape index (κ2) is 7.39. The molecule has 3 heterocycles. The Balaban J connectivity index is 1.64. The number of anilines is 1. The molecule has 30 heavy (non-hydrogen) atoms. The molecule has 3 aromatic heterocycles. The van der Waals surface area contributed by atoms with Crippen LogP contribution >= 0.6 is 11.3 Å². The molecular weight excluding hydrogens is 392 g/mol. The van der Waals surface area contributed by atoms with Gasteiger partial charge in [0.1, 0.15) is 11.3 Å². The van der Waals surface area contributed by atoms with Gasteiger partial charge in [0.05, 0.1) is 22.5 Å². The summed E-state index contributed by atoms with van der Waals surface area (Å²) < 4.78 is 2.93. The van der Waals surface area contributed by atoms with E-state index in [-0.39, 0.29) is 5.91 Å². The minimum absolute atomic E-state index is 0.106. The van der Waals surface area contributed by atoms with Gasteiger partial charge in [0.25, 0.3) is 5.91 Å². The Morgan fingerprint density at radius 1 is 1.00 bits per heavy atom. The second-order valence-electron chi connectivity index (χ2n) is 7.32. The number of carbonyl (C=O) groups is 1. The molecular formula is C24H20N4OS. The molecule has 0 spiro atoms. The van der Waals surface area contributed by atoms with Crippen LogP contribution in [0.2, 0.25) is 0 Å². The van der Waals surface area contributed by atoms with Crippen molar-refractivity contribution < 1.29 is 4.79 Å². The van der Waals surface area contributed by atoms with E-state index in [4.69, 9.17) is 4.98 Å². The van der Waals surface area contributed by atoms with Crippen LogP contribution in [0.5, 0.6) is 0 Å². The minimum Gasteiger partial charge on any atom is -0.295 e. The Hall–Kier alpha value is -3.51. The number of rotatable bonds is 4. The molecule has 5 aromatic rings. The van der Waals surface area contributed by atoms with E-state index in [2.05, 4.69) is 18.0 Å². The number of amides is 1. The fourth-order valence-corrected chi connectivity index (χ4v) is 4.69. The number of benzene rings is 2. The molecule has 0 atom stereocenters. The summed E-state index contributed by atoms with van der Waals surface area (Å²) in [6.45, 7) is 4.38. The summed E-state index contributed by atoms with van der Waals surface area (Å²) in [6.07, 6.45) is 1.88. The van der Waals surface area contributed by atoms with E-state index in [1.54, 1.807) is 4.90 Å². The molecule has 148 valence electrons. The third kappa shape index (κ3) is 3.25. The summed E-state index contributed by atoms with van der Waals surface area (Å²) >= 11 is 1.54. The molecule has 0 saturated carbocycles. The third-order valence-corrected chi connectivity index (χ3v) is 6.14. The number of hydrogen-bond acceptors (Lipinski definition) is 4. The van der Waals surface area contributed by atoms with Crippen LogP contribution in [0.3, 0.4) is 0 Å². The highest BCUT2D eigenvalue weighted by atomic mass is 32.1. The monoisotopic (exact) mass is 412 g/mol. The summed E-state index contributed by atoms with van der Waals surface area (Å²) in [5, 5.41) is 0.690. The van der Waals surface area contributed by atoms with Crippen molar-refractivity contribution in [3.8, 4) is 0 Å². The van der Waals surface area contributed by atoms with E-state index >= 15 is 0 Å². The zero-order valence-corrected chi connectivity index (χ0v) is 17.6. The summed E-state index contributed by atoms with van der Waals surface area (Å²) in [4.78, 5) is 24.9. The molecule has 5 rings (SSSR count). The fourth-order valence-electron chi connectivity index (χ4n) is 3.63. The Bertz CT molecular complexity index is 1370. The number of fused-ring (bicyclic) bond motifs is 2. The van der Waals surface area contributed by atoms with Crippen LogP contribution in [0, 0.1) is 13.8 Å². The lowest BCUT2D eigenvalue weighted by Gasteiger charge is -2.20. The maximum absolute atomic E-state index is 13.8. The first-order chi connectivity index (χ1) is 14.6. The second-order valence-corrected chi connectivity index (χ2v) is 8.33. The zero-order valence-electron chi connectivity index (χ0n) is 16.7. The molecule has 2 aromatic carbocycles. The van der Waals surface area contributed by atoms with Crippen molar-refractivity contribution in [2.45, 2.75) is 20.4 Å². The largest absolute Gasteiger partial charge is 0.295 e. The smallest absolute Gasteiger partial charge is 0.279 e. The van der Waals surface area contributed by atoms with Crippen molar-refractivity contribution in [3.05, 3.63) is 95.4 Å². The van der Waals surface area contributed by atoms with E-state index < -0.39 is 0 Å². The van der Waals surface area contributed by atoms with Crippen LogP contribution in [-0.4, -0.2) is 20.3 Å². The molecule has 0 aliphatic rings. The number of imidazole rings is 1. The topological polar surface area (TPSA) is 50.5 Å². The van der Waals surface area contributed by atoms with Gasteiger partial charge in [-0.05, 0) is 49.2 Å². The van der Waals surface area contributed by atoms with Crippen LogP contribution < -0.4 is 4.90 Å². The van der Waals surface area contributed by atoms with Crippen molar-refractivity contribution in [3.63, 3.8) is 0 Å². The van der Waals surface area contributed by atoms with Gasteiger partial charge in [0.2, 0.25) is 0 Å². The Morgan fingerprint density at radius 3 is 2.63 bits per heavy atom. The van der Waals surface area contributed by atoms with Gasteiger partial charge in [0.15, 0.2) is 5.13 Å². The summed E-state index contributed by atoms with van der Waals surface area (Å²) in [5.74, 6) is -0.106. The molecule has 0 N–H and O–H groups in total. The van der Waals surface area contributed by atoms with Crippen LogP contribution in [0.15, 0.2) is 72.9 Å².